The lowest BCUT2D eigenvalue weighted by molar-refractivity contribution is 0.483. The zero-order valence-electron chi connectivity index (χ0n) is 10.9. The maximum atomic E-state index is 11.0. The van der Waals surface area contributed by atoms with E-state index in [1.807, 2.05) is 35.0 Å². The molecule has 0 aliphatic rings. The summed E-state index contributed by atoms with van der Waals surface area (Å²) < 4.78 is 32.9. The van der Waals surface area contributed by atoms with E-state index in [0.717, 1.165) is 16.8 Å². The Hall–Kier alpha value is -2.44. The van der Waals surface area contributed by atoms with Crippen molar-refractivity contribution >= 4 is 10.1 Å². The lowest BCUT2D eigenvalue weighted by Gasteiger charge is -2.07. The van der Waals surface area contributed by atoms with Gasteiger partial charge in [-0.3, -0.25) is 4.55 Å². The van der Waals surface area contributed by atoms with Crippen molar-refractivity contribution in [1.82, 2.24) is 9.55 Å². The van der Waals surface area contributed by atoms with Crippen molar-refractivity contribution in [2.75, 3.05) is 0 Å². The van der Waals surface area contributed by atoms with Gasteiger partial charge in [-0.05, 0) is 35.4 Å². The number of imidazole rings is 1. The molecule has 0 spiro atoms. The fraction of sp³-hybridized carbons (Fsp3) is 0. The van der Waals surface area contributed by atoms with Gasteiger partial charge in [0.05, 0.1) is 11.2 Å². The predicted molar refractivity (Wildman–Crippen MR) is 78.8 cm³/mol. The summed E-state index contributed by atoms with van der Waals surface area (Å²) in [5.41, 5.74) is 2.77. The van der Waals surface area contributed by atoms with Gasteiger partial charge in [-0.15, -0.1) is 0 Å². The molecule has 0 amide bonds. The quantitative estimate of drug-likeness (QED) is 0.755. The highest BCUT2D eigenvalue weighted by Crippen LogP contribution is 2.23. The first-order chi connectivity index (χ1) is 10.0. The third-order valence-corrected chi connectivity index (χ3v) is 4.00. The molecule has 0 saturated carbocycles. The maximum Gasteiger partial charge on any atom is 0.294 e. The molecule has 0 bridgehead atoms. The standard InChI is InChI=1S/C15H12N2O3S/c18-21(19,20)15-6-4-12(5-7-15)13-2-1-3-14(10-13)17-9-8-16-11-17/h1-11H,(H,18,19,20). The average molecular weight is 300 g/mol. The summed E-state index contributed by atoms with van der Waals surface area (Å²) in [4.78, 5) is 3.89. The molecule has 0 fully saturated rings. The topological polar surface area (TPSA) is 72.2 Å². The van der Waals surface area contributed by atoms with E-state index in [1.54, 1.807) is 24.7 Å². The zero-order chi connectivity index (χ0) is 14.9. The van der Waals surface area contributed by atoms with Gasteiger partial charge < -0.3 is 4.57 Å². The van der Waals surface area contributed by atoms with Gasteiger partial charge in [-0.1, -0.05) is 24.3 Å². The molecule has 0 atom stereocenters. The Kier molecular flexibility index (Phi) is 3.32. The second kappa shape index (κ2) is 5.16. The molecule has 0 aliphatic heterocycles. The molecule has 0 radical (unpaired) electrons. The van der Waals surface area contributed by atoms with Gasteiger partial charge in [0.1, 0.15) is 0 Å². The molecule has 3 rings (SSSR count). The molecular weight excluding hydrogens is 288 g/mol. The van der Waals surface area contributed by atoms with Gasteiger partial charge >= 0.3 is 0 Å². The molecule has 6 heteroatoms. The summed E-state index contributed by atoms with van der Waals surface area (Å²) in [5.74, 6) is 0. The maximum absolute atomic E-state index is 11.0. The first kappa shape index (κ1) is 13.5. The summed E-state index contributed by atoms with van der Waals surface area (Å²) in [7, 11) is -4.16. The molecule has 1 aromatic heterocycles. The van der Waals surface area contributed by atoms with Crippen LogP contribution in [0.5, 0.6) is 0 Å². The van der Waals surface area contributed by atoms with Gasteiger partial charge in [-0.2, -0.15) is 8.42 Å². The average Bonchev–Trinajstić information content (AvgIpc) is 3.01. The summed E-state index contributed by atoms with van der Waals surface area (Å²) in [6.45, 7) is 0. The fourth-order valence-corrected chi connectivity index (χ4v) is 2.56. The van der Waals surface area contributed by atoms with E-state index in [0.29, 0.717) is 0 Å². The van der Waals surface area contributed by atoms with E-state index < -0.39 is 10.1 Å². The van der Waals surface area contributed by atoms with Crippen molar-refractivity contribution < 1.29 is 13.0 Å². The predicted octanol–water partition coefficient (Wildman–Crippen LogP) is 2.79. The SMILES string of the molecule is O=S(=O)(O)c1ccc(-c2cccc(-n3ccnc3)c2)cc1. The van der Waals surface area contributed by atoms with Crippen LogP contribution < -0.4 is 0 Å². The van der Waals surface area contributed by atoms with E-state index in [4.69, 9.17) is 4.55 Å². The molecular formula is C15H12N2O3S. The minimum absolute atomic E-state index is 0.114. The molecule has 21 heavy (non-hydrogen) atoms. The summed E-state index contributed by atoms with van der Waals surface area (Å²) in [5, 5.41) is 0. The van der Waals surface area contributed by atoms with Gasteiger partial charge in [0, 0.05) is 18.1 Å². The van der Waals surface area contributed by atoms with Crippen LogP contribution in [0.25, 0.3) is 16.8 Å². The van der Waals surface area contributed by atoms with Crippen molar-refractivity contribution in [1.29, 1.82) is 0 Å². The summed E-state index contributed by atoms with van der Waals surface area (Å²) in [6.07, 6.45) is 5.26. The van der Waals surface area contributed by atoms with Crippen LogP contribution >= 0.6 is 0 Å². The minimum atomic E-state index is -4.16. The highest BCUT2D eigenvalue weighted by molar-refractivity contribution is 7.85. The molecule has 5 nitrogen and oxygen atoms in total. The van der Waals surface area contributed by atoms with Gasteiger partial charge in [0.2, 0.25) is 0 Å². The Morgan fingerprint density at radius 2 is 1.76 bits per heavy atom. The number of aromatic nitrogens is 2. The van der Waals surface area contributed by atoms with Gasteiger partial charge in [0.25, 0.3) is 10.1 Å². The summed E-state index contributed by atoms with van der Waals surface area (Å²) in [6, 6.07) is 13.9. The first-order valence-corrected chi connectivity index (χ1v) is 7.64. The van der Waals surface area contributed by atoms with Gasteiger partial charge in [0.15, 0.2) is 0 Å². The van der Waals surface area contributed by atoms with E-state index in [-0.39, 0.29) is 4.90 Å². The number of benzene rings is 2. The van der Waals surface area contributed by atoms with Crippen LogP contribution in [0.4, 0.5) is 0 Å². The summed E-state index contributed by atoms with van der Waals surface area (Å²) >= 11 is 0. The van der Waals surface area contributed by atoms with Crippen molar-refractivity contribution in [2.24, 2.45) is 0 Å². The fourth-order valence-electron chi connectivity index (χ4n) is 2.08. The van der Waals surface area contributed by atoms with Crippen LogP contribution in [0.3, 0.4) is 0 Å². The van der Waals surface area contributed by atoms with Crippen LogP contribution in [0, 0.1) is 0 Å². The number of rotatable bonds is 3. The smallest absolute Gasteiger partial charge is 0.294 e. The number of hydrogen-bond acceptors (Lipinski definition) is 3. The second-order valence-electron chi connectivity index (χ2n) is 4.52. The minimum Gasteiger partial charge on any atom is -0.306 e. The Labute approximate surface area is 122 Å². The molecule has 3 aromatic rings. The number of nitrogens with zero attached hydrogens (tertiary/aromatic N) is 2. The van der Waals surface area contributed by atoms with Gasteiger partial charge in [-0.25, -0.2) is 4.98 Å². The second-order valence-corrected chi connectivity index (χ2v) is 5.94. The highest BCUT2D eigenvalue weighted by atomic mass is 32.2. The lowest BCUT2D eigenvalue weighted by atomic mass is 10.1. The third kappa shape index (κ3) is 2.86. The first-order valence-electron chi connectivity index (χ1n) is 6.20. The Balaban J connectivity index is 1.99. The molecule has 0 saturated heterocycles. The molecule has 1 N–H and O–H groups in total. The Morgan fingerprint density at radius 3 is 2.38 bits per heavy atom. The number of hydrogen-bond donors (Lipinski definition) is 1. The Bertz CT molecular complexity index is 854. The molecule has 2 aromatic carbocycles. The highest BCUT2D eigenvalue weighted by Gasteiger charge is 2.09. The zero-order valence-corrected chi connectivity index (χ0v) is 11.7. The van der Waals surface area contributed by atoms with Crippen molar-refractivity contribution in [3.63, 3.8) is 0 Å². The van der Waals surface area contributed by atoms with E-state index >= 15 is 0 Å². The van der Waals surface area contributed by atoms with Crippen LogP contribution in [0.2, 0.25) is 0 Å². The molecule has 0 unspecified atom stereocenters. The van der Waals surface area contributed by atoms with E-state index in [9.17, 15) is 8.42 Å². The van der Waals surface area contributed by atoms with Crippen molar-refractivity contribution in [2.45, 2.75) is 4.90 Å². The largest absolute Gasteiger partial charge is 0.306 e. The molecule has 106 valence electrons. The lowest BCUT2D eigenvalue weighted by Crippen LogP contribution is -1.97. The van der Waals surface area contributed by atoms with Crippen molar-refractivity contribution in [3.05, 3.63) is 67.3 Å². The van der Waals surface area contributed by atoms with Crippen molar-refractivity contribution in [3.8, 4) is 16.8 Å². The van der Waals surface area contributed by atoms with Crippen LogP contribution in [-0.4, -0.2) is 22.5 Å². The van der Waals surface area contributed by atoms with Crippen LogP contribution in [-0.2, 0) is 10.1 Å². The molecule has 0 aliphatic carbocycles. The monoisotopic (exact) mass is 300 g/mol. The normalized spacial score (nSPS) is 11.5. The van der Waals surface area contributed by atoms with E-state index in [2.05, 4.69) is 4.98 Å². The third-order valence-electron chi connectivity index (χ3n) is 3.13. The molecule has 1 heterocycles. The van der Waals surface area contributed by atoms with Crippen LogP contribution in [0.1, 0.15) is 0 Å². The van der Waals surface area contributed by atoms with Crippen LogP contribution in [0.15, 0.2) is 72.1 Å². The van der Waals surface area contributed by atoms with E-state index in [1.165, 1.54) is 12.1 Å². The Morgan fingerprint density at radius 1 is 1.00 bits per heavy atom.